The molecule has 1 amide bonds. The van der Waals surface area contributed by atoms with Gasteiger partial charge in [0, 0.05) is 26.2 Å². The lowest BCUT2D eigenvalue weighted by Crippen LogP contribution is -2.46. The van der Waals surface area contributed by atoms with Crippen LogP contribution in [0.4, 0.5) is 0 Å². The average molecular weight is 345 g/mol. The lowest BCUT2D eigenvalue weighted by atomic mass is 10.2. The Morgan fingerprint density at radius 2 is 1.92 bits per heavy atom. The van der Waals surface area contributed by atoms with Crippen LogP contribution in [0.25, 0.3) is 6.08 Å². The molecule has 6 heteroatoms. The molecular formula is C18H23N3O2S. The molecule has 0 radical (unpaired) electrons. The maximum absolute atomic E-state index is 12.2. The fraction of sp³-hybridized carbons (Fsp3) is 0.444. The number of likely N-dealkylation sites (N-methyl/N-ethyl adjacent to an activating group) is 1. The fourth-order valence-electron chi connectivity index (χ4n) is 2.56. The molecular weight excluding hydrogens is 322 g/mol. The van der Waals surface area contributed by atoms with Gasteiger partial charge in [0.25, 0.3) is 5.91 Å². The smallest absolute Gasteiger partial charge is 0.286 e. The van der Waals surface area contributed by atoms with Gasteiger partial charge in [-0.3, -0.25) is 4.79 Å². The molecule has 0 aliphatic carbocycles. The summed E-state index contributed by atoms with van der Waals surface area (Å²) >= 11 is 1.48. The summed E-state index contributed by atoms with van der Waals surface area (Å²) in [5, 5.41) is 0.835. The molecule has 1 saturated heterocycles. The molecule has 2 heterocycles. The second-order valence-electron chi connectivity index (χ2n) is 6.02. The molecule has 0 bridgehead atoms. The Morgan fingerprint density at radius 1 is 1.21 bits per heavy atom. The molecule has 0 saturated carbocycles. The lowest BCUT2D eigenvalue weighted by Gasteiger charge is -2.32. The van der Waals surface area contributed by atoms with Crippen molar-refractivity contribution in [3.8, 4) is 5.75 Å². The van der Waals surface area contributed by atoms with Crippen LogP contribution in [0.5, 0.6) is 5.75 Å². The van der Waals surface area contributed by atoms with E-state index in [0.717, 1.165) is 55.7 Å². The molecule has 0 unspecified atom stereocenters. The zero-order valence-corrected chi connectivity index (χ0v) is 15.0. The predicted octanol–water partition coefficient (Wildman–Crippen LogP) is 2.69. The minimum absolute atomic E-state index is 0.139. The number of nitrogens with zero attached hydrogens (tertiary/aromatic N) is 3. The average Bonchev–Trinajstić information content (AvgIpc) is 2.95. The van der Waals surface area contributed by atoms with Gasteiger partial charge in [-0.2, -0.15) is 4.99 Å². The summed E-state index contributed by atoms with van der Waals surface area (Å²) in [5.74, 6) is 0.721. The van der Waals surface area contributed by atoms with Crippen LogP contribution in [0.2, 0.25) is 0 Å². The van der Waals surface area contributed by atoms with E-state index in [1.165, 1.54) is 11.8 Å². The van der Waals surface area contributed by atoms with Gasteiger partial charge in [0.15, 0.2) is 5.17 Å². The summed E-state index contributed by atoms with van der Waals surface area (Å²) in [6.07, 6.45) is 2.90. The van der Waals surface area contributed by atoms with Gasteiger partial charge >= 0.3 is 0 Å². The topological polar surface area (TPSA) is 45.1 Å². The molecule has 5 nitrogen and oxygen atoms in total. The normalized spacial score (nSPS) is 20.6. The highest BCUT2D eigenvalue weighted by molar-refractivity contribution is 8.18. The standard InChI is InChI=1S/C18H23N3O2S/c1-3-12-23-15-6-4-14(5-7-15)13-16-17(22)19-18(24-16)21-10-8-20(2)9-11-21/h4-7,13H,3,8-12H2,1-2H3/b16-13-. The van der Waals surface area contributed by atoms with Gasteiger partial charge in [-0.1, -0.05) is 19.1 Å². The summed E-state index contributed by atoms with van der Waals surface area (Å²) in [4.78, 5) is 21.6. The molecule has 0 N–H and O–H groups in total. The number of amidine groups is 1. The van der Waals surface area contributed by atoms with Crippen molar-refractivity contribution in [2.75, 3.05) is 39.8 Å². The molecule has 0 spiro atoms. The molecule has 128 valence electrons. The van der Waals surface area contributed by atoms with Crippen molar-refractivity contribution in [1.82, 2.24) is 9.80 Å². The van der Waals surface area contributed by atoms with Gasteiger partial charge in [-0.25, -0.2) is 0 Å². The molecule has 3 rings (SSSR count). The van der Waals surface area contributed by atoms with Crippen LogP contribution in [-0.2, 0) is 4.79 Å². The number of carbonyl (C=O) groups is 1. The maximum atomic E-state index is 12.2. The van der Waals surface area contributed by atoms with Crippen molar-refractivity contribution in [2.45, 2.75) is 13.3 Å². The first kappa shape index (κ1) is 17.0. The number of benzene rings is 1. The first-order valence-corrected chi connectivity index (χ1v) is 9.16. The molecule has 1 aromatic rings. The third kappa shape index (κ3) is 4.19. The first-order chi connectivity index (χ1) is 11.7. The fourth-order valence-corrected chi connectivity index (χ4v) is 3.53. The van der Waals surface area contributed by atoms with Gasteiger partial charge in [0.05, 0.1) is 11.5 Å². The van der Waals surface area contributed by atoms with E-state index in [4.69, 9.17) is 4.74 Å². The van der Waals surface area contributed by atoms with Gasteiger partial charge in [0.2, 0.25) is 0 Å². The number of hydrogen-bond donors (Lipinski definition) is 0. The Morgan fingerprint density at radius 3 is 2.58 bits per heavy atom. The van der Waals surface area contributed by atoms with E-state index in [0.29, 0.717) is 4.91 Å². The predicted molar refractivity (Wildman–Crippen MR) is 99.3 cm³/mol. The van der Waals surface area contributed by atoms with Gasteiger partial charge in [-0.05, 0) is 49.0 Å². The third-order valence-corrected chi connectivity index (χ3v) is 5.08. The molecule has 1 fully saturated rings. The number of hydrogen-bond acceptors (Lipinski definition) is 5. The highest BCUT2D eigenvalue weighted by atomic mass is 32.2. The van der Waals surface area contributed by atoms with Crippen molar-refractivity contribution in [3.63, 3.8) is 0 Å². The molecule has 0 atom stereocenters. The van der Waals surface area contributed by atoms with Crippen LogP contribution in [0.1, 0.15) is 18.9 Å². The minimum Gasteiger partial charge on any atom is -0.494 e. The van der Waals surface area contributed by atoms with E-state index in [9.17, 15) is 4.79 Å². The Bertz CT molecular complexity index is 647. The number of amides is 1. The maximum Gasteiger partial charge on any atom is 0.286 e. The van der Waals surface area contributed by atoms with Gasteiger partial charge in [-0.15, -0.1) is 0 Å². The Labute approximate surface area is 147 Å². The largest absolute Gasteiger partial charge is 0.494 e. The Hall–Kier alpha value is -1.79. The second-order valence-corrected chi connectivity index (χ2v) is 7.03. The van der Waals surface area contributed by atoms with Crippen LogP contribution in [0.15, 0.2) is 34.2 Å². The number of ether oxygens (including phenoxy) is 1. The van der Waals surface area contributed by atoms with E-state index >= 15 is 0 Å². The molecule has 2 aliphatic rings. The van der Waals surface area contributed by atoms with E-state index in [1.54, 1.807) is 0 Å². The SMILES string of the molecule is CCCOc1ccc(/C=C2\SC(N3CCN(C)CC3)=NC2=O)cc1. The van der Waals surface area contributed by atoms with Gasteiger partial charge < -0.3 is 14.5 Å². The zero-order valence-electron chi connectivity index (χ0n) is 14.2. The summed E-state index contributed by atoms with van der Waals surface area (Å²) in [6, 6.07) is 7.82. The number of carbonyl (C=O) groups excluding carboxylic acids is 1. The van der Waals surface area contributed by atoms with Crippen molar-refractivity contribution >= 4 is 28.9 Å². The van der Waals surface area contributed by atoms with Crippen LogP contribution in [0.3, 0.4) is 0 Å². The Kier molecular flexibility index (Phi) is 5.58. The van der Waals surface area contributed by atoms with E-state index in [-0.39, 0.29) is 5.91 Å². The van der Waals surface area contributed by atoms with Gasteiger partial charge in [0.1, 0.15) is 5.75 Å². The molecule has 2 aliphatic heterocycles. The zero-order chi connectivity index (χ0) is 16.9. The molecule has 24 heavy (non-hydrogen) atoms. The first-order valence-electron chi connectivity index (χ1n) is 8.34. The number of thioether (sulfide) groups is 1. The highest BCUT2D eigenvalue weighted by Crippen LogP contribution is 2.30. The summed E-state index contributed by atoms with van der Waals surface area (Å²) in [7, 11) is 2.12. The van der Waals surface area contributed by atoms with Crippen LogP contribution in [0, 0.1) is 0 Å². The van der Waals surface area contributed by atoms with Crippen molar-refractivity contribution in [2.24, 2.45) is 4.99 Å². The van der Waals surface area contributed by atoms with Crippen LogP contribution < -0.4 is 4.74 Å². The monoisotopic (exact) mass is 345 g/mol. The third-order valence-electron chi connectivity index (χ3n) is 4.03. The lowest BCUT2D eigenvalue weighted by molar-refractivity contribution is -0.113. The van der Waals surface area contributed by atoms with Crippen LogP contribution >= 0.6 is 11.8 Å². The Balaban J connectivity index is 1.63. The van der Waals surface area contributed by atoms with Crippen molar-refractivity contribution < 1.29 is 9.53 Å². The van der Waals surface area contributed by atoms with E-state index in [2.05, 4.69) is 28.8 Å². The summed E-state index contributed by atoms with van der Waals surface area (Å²) < 4.78 is 5.58. The highest BCUT2D eigenvalue weighted by Gasteiger charge is 2.27. The van der Waals surface area contributed by atoms with E-state index < -0.39 is 0 Å². The number of aliphatic imine (C=N–C) groups is 1. The second kappa shape index (κ2) is 7.85. The quantitative estimate of drug-likeness (QED) is 0.785. The number of rotatable bonds is 4. The van der Waals surface area contributed by atoms with Crippen molar-refractivity contribution in [3.05, 3.63) is 34.7 Å². The van der Waals surface area contributed by atoms with E-state index in [1.807, 2.05) is 30.3 Å². The number of piperazine rings is 1. The molecule has 0 aromatic heterocycles. The van der Waals surface area contributed by atoms with Crippen molar-refractivity contribution in [1.29, 1.82) is 0 Å². The summed E-state index contributed by atoms with van der Waals surface area (Å²) in [5.41, 5.74) is 0.990. The molecule has 1 aromatic carbocycles. The van der Waals surface area contributed by atoms with Crippen LogP contribution in [-0.4, -0.2) is 60.7 Å². The minimum atomic E-state index is -0.139. The summed E-state index contributed by atoms with van der Waals surface area (Å²) in [6.45, 7) is 6.66.